The van der Waals surface area contributed by atoms with Crippen LogP contribution in [0.2, 0.25) is 0 Å². The Morgan fingerprint density at radius 3 is 1.14 bits per heavy atom. The summed E-state index contributed by atoms with van der Waals surface area (Å²) in [7, 11) is -11.6. The van der Waals surface area contributed by atoms with E-state index in [1.807, 2.05) is 0 Å². The molecule has 0 unspecified atom stereocenters. The Morgan fingerprint density at radius 2 is 1.14 bits per heavy atom. The summed E-state index contributed by atoms with van der Waals surface area (Å²) in [6.07, 6.45) is 0. The van der Waals surface area contributed by atoms with Crippen LogP contribution in [0, 0.1) is 0 Å². The minimum Gasteiger partial charge on any atom is -0.808 e. The van der Waals surface area contributed by atoms with Crippen molar-refractivity contribution in [3.8, 4) is 0 Å². The third kappa shape index (κ3) is 5.37. The third-order valence-electron chi connectivity index (χ3n) is 1.04. The van der Waals surface area contributed by atoms with E-state index in [1.54, 1.807) is 0 Å². The summed E-state index contributed by atoms with van der Waals surface area (Å²) in [5, 5.41) is 4.68. The van der Waals surface area contributed by atoms with Crippen LogP contribution in [0.25, 0.3) is 0 Å². The first kappa shape index (κ1) is 24.5. The summed E-state index contributed by atoms with van der Waals surface area (Å²) in [5.41, 5.74) is 0. The molecule has 0 heterocycles. The summed E-state index contributed by atoms with van der Waals surface area (Å²) >= 11 is 0. The molecule has 0 aromatic rings. The predicted octanol–water partition coefficient (Wildman–Crippen LogP) is -4.35. The van der Waals surface area contributed by atoms with Crippen LogP contribution in [0.15, 0.2) is 0 Å². The van der Waals surface area contributed by atoms with Crippen molar-refractivity contribution in [3.63, 3.8) is 0 Å². The van der Waals surface area contributed by atoms with Gasteiger partial charge in [0, 0.05) is 0 Å². The van der Waals surface area contributed by atoms with Crippen molar-refractivity contribution in [2.24, 2.45) is 0 Å². The average Bonchev–Trinajstić information content (AvgIpc) is 1.58. The second kappa shape index (κ2) is 6.76. The largest absolute Gasteiger partial charge is 2.00 e. The smallest absolute Gasteiger partial charge is 0.808 e. The first-order valence-corrected chi connectivity index (χ1v) is 5.35. The van der Waals surface area contributed by atoms with Crippen LogP contribution < -0.4 is 19.6 Å². The van der Waals surface area contributed by atoms with Gasteiger partial charge in [0.1, 0.15) is 5.08 Å². The van der Waals surface area contributed by atoms with Gasteiger partial charge in [-0.2, -0.15) is 0 Å². The Hall–Kier alpha value is 1.26. The molecule has 0 aliphatic rings. The fraction of sp³-hybridized carbons (Fsp3) is 1.00. The Labute approximate surface area is 101 Å². The first-order chi connectivity index (χ1) is 4.50. The topological polar surface area (TPSA) is 178 Å². The van der Waals surface area contributed by atoms with Gasteiger partial charge in [0.25, 0.3) is 0 Å². The van der Waals surface area contributed by atoms with Gasteiger partial charge in [0.2, 0.25) is 0 Å². The summed E-state index contributed by atoms with van der Waals surface area (Å²) in [5.74, 6) is 0. The van der Waals surface area contributed by atoms with E-state index >= 15 is 0 Å². The Morgan fingerprint density at radius 1 is 1.00 bits per heavy atom. The molecule has 0 aromatic carbocycles. The second-order valence-electron chi connectivity index (χ2n) is 1.97. The van der Waals surface area contributed by atoms with E-state index in [-0.39, 0.29) is 46.5 Å². The molecule has 3 N–H and O–H groups in total. The molecule has 12 heteroatoms. The summed E-state index contributed by atoms with van der Waals surface area (Å²) in [4.78, 5) is 39.8. The molecule has 0 spiro atoms. The first-order valence-electron chi connectivity index (χ1n) is 2.27. The normalized spacial score (nSPS) is 11.9. The van der Waals surface area contributed by atoms with Gasteiger partial charge in [-0.1, -0.05) is 0 Å². The number of hydrogen-bond donors (Lipinski definition) is 1. The molecule has 14 heavy (non-hydrogen) atoms. The molecule has 0 saturated heterocycles. The van der Waals surface area contributed by atoms with E-state index in [0.29, 0.717) is 0 Å². The SMILES string of the molecule is CC(O)(P(=O)([O-])[O-])P(=O)([O-])[O-].O.[Fe+2].[Fe+2]. The summed E-state index contributed by atoms with van der Waals surface area (Å²) in [6, 6.07) is 0. The molecular weight excluding hydrogens is 326 g/mol. The van der Waals surface area contributed by atoms with E-state index in [2.05, 4.69) is 0 Å². The minimum absolute atomic E-state index is 0. The van der Waals surface area contributed by atoms with Crippen molar-refractivity contribution in [2.75, 3.05) is 0 Å². The van der Waals surface area contributed by atoms with E-state index in [4.69, 9.17) is 5.11 Å². The monoisotopic (exact) mass is 332 g/mol. The predicted molar refractivity (Wildman–Crippen MR) is 29.5 cm³/mol. The van der Waals surface area contributed by atoms with E-state index in [9.17, 15) is 28.7 Å². The zero-order chi connectivity index (χ0) is 9.50. The third-order valence-corrected chi connectivity index (χ3v) is 4.58. The van der Waals surface area contributed by atoms with E-state index < -0.39 is 20.3 Å². The van der Waals surface area contributed by atoms with Gasteiger partial charge in [-0.05, 0) is 22.1 Å². The summed E-state index contributed by atoms with van der Waals surface area (Å²) < 4.78 is 19.9. The van der Waals surface area contributed by atoms with Crippen molar-refractivity contribution in [1.29, 1.82) is 0 Å². The van der Waals surface area contributed by atoms with Crippen molar-refractivity contribution in [1.82, 2.24) is 0 Å². The average molecular weight is 332 g/mol. The number of rotatable bonds is 2. The zero-order valence-corrected chi connectivity index (χ0v) is 10.5. The molecule has 0 rings (SSSR count). The van der Waals surface area contributed by atoms with Crippen molar-refractivity contribution >= 4 is 15.2 Å². The van der Waals surface area contributed by atoms with Crippen LogP contribution in [-0.2, 0) is 43.3 Å². The van der Waals surface area contributed by atoms with Gasteiger partial charge >= 0.3 is 34.1 Å². The maximum absolute atomic E-state index is 9.95. The van der Waals surface area contributed by atoms with Crippen LogP contribution in [0.4, 0.5) is 0 Å². The Kier molecular flexibility index (Phi) is 11.8. The fourth-order valence-corrected chi connectivity index (χ4v) is 1.35. The van der Waals surface area contributed by atoms with Crippen LogP contribution in [-0.4, -0.2) is 15.7 Å². The van der Waals surface area contributed by atoms with Gasteiger partial charge in [-0.15, -0.1) is 0 Å². The Balaban J connectivity index is -0.000000167. The molecule has 0 atom stereocenters. The number of aliphatic hydroxyl groups is 1. The molecule has 0 amide bonds. The van der Waals surface area contributed by atoms with Crippen LogP contribution in [0.5, 0.6) is 0 Å². The summed E-state index contributed by atoms with van der Waals surface area (Å²) in [6.45, 7) is 0.133. The minimum atomic E-state index is -5.82. The quantitative estimate of drug-likeness (QED) is 0.392. The van der Waals surface area contributed by atoms with Crippen LogP contribution in [0.1, 0.15) is 6.92 Å². The van der Waals surface area contributed by atoms with Gasteiger partial charge in [-0.25, -0.2) is 0 Å². The van der Waals surface area contributed by atoms with Gasteiger partial charge < -0.3 is 39.3 Å². The molecular formula is C2H6Fe2O8P2. The van der Waals surface area contributed by atoms with E-state index in [1.165, 1.54) is 0 Å². The Bertz CT molecular complexity index is 216. The molecule has 0 aliphatic carbocycles. The molecule has 0 aromatic heterocycles. The molecule has 0 fully saturated rings. The second-order valence-corrected chi connectivity index (χ2v) is 6.05. The fourth-order valence-electron chi connectivity index (χ4n) is 0.150. The van der Waals surface area contributed by atoms with Crippen molar-refractivity contribution in [3.05, 3.63) is 0 Å². The molecule has 0 saturated carbocycles. The molecule has 88 valence electrons. The maximum Gasteiger partial charge on any atom is 2.00 e. The molecule has 0 bridgehead atoms. The van der Waals surface area contributed by atoms with Crippen molar-refractivity contribution < 1.29 is 73.4 Å². The number of hydrogen-bond acceptors (Lipinski definition) is 7. The van der Waals surface area contributed by atoms with Gasteiger partial charge in [-0.3, -0.25) is 0 Å². The van der Waals surface area contributed by atoms with Gasteiger partial charge in [0.05, 0.1) is 0 Å². The van der Waals surface area contributed by atoms with Crippen LogP contribution in [0.3, 0.4) is 0 Å². The molecule has 0 aliphatic heterocycles. The maximum atomic E-state index is 9.95. The van der Waals surface area contributed by atoms with Crippen molar-refractivity contribution in [2.45, 2.75) is 12.0 Å². The molecule has 8 nitrogen and oxygen atoms in total. The zero-order valence-electron chi connectivity index (χ0n) is 6.50. The standard InChI is InChI=1S/C2H8O7P2.2Fe.H2O/c1-2(3,10(4,5)6)11(7,8)9;;;/h3H,1H3,(H2,4,5,6)(H2,7,8,9);;;1H2/q;2*+2;/p-4. The van der Waals surface area contributed by atoms with Gasteiger partial charge in [0.15, 0.2) is 0 Å². The van der Waals surface area contributed by atoms with Crippen LogP contribution >= 0.6 is 15.2 Å². The molecule has 0 radical (unpaired) electrons. The van der Waals surface area contributed by atoms with E-state index in [0.717, 1.165) is 0 Å².